The van der Waals surface area contributed by atoms with Crippen LogP contribution in [0.4, 0.5) is 4.39 Å². The quantitative estimate of drug-likeness (QED) is 0.623. The third-order valence-electron chi connectivity index (χ3n) is 2.32. The minimum atomic E-state index is -0.235. The molecule has 0 aliphatic carbocycles. The standard InChI is InChI=1S/C13H12ClFN2S/c1-2-10-7-12(14)17-13(16-10)8-18-11-5-3-4-9(15)6-11/h3-7H,2,8H2,1H3. The van der Waals surface area contributed by atoms with Gasteiger partial charge in [0.05, 0.1) is 5.75 Å². The second-order valence-corrected chi connectivity index (χ2v) is 5.13. The molecule has 1 aromatic heterocycles. The Hall–Kier alpha value is -1.13. The van der Waals surface area contributed by atoms with Crippen molar-refractivity contribution in [2.24, 2.45) is 0 Å². The third-order valence-corrected chi connectivity index (χ3v) is 3.50. The minimum absolute atomic E-state index is 0.235. The van der Waals surface area contributed by atoms with E-state index in [1.807, 2.05) is 13.0 Å². The maximum atomic E-state index is 13.0. The summed E-state index contributed by atoms with van der Waals surface area (Å²) in [6.45, 7) is 2.02. The van der Waals surface area contributed by atoms with E-state index in [-0.39, 0.29) is 5.82 Å². The van der Waals surface area contributed by atoms with Gasteiger partial charge in [-0.1, -0.05) is 24.6 Å². The van der Waals surface area contributed by atoms with Crippen LogP contribution in [0.5, 0.6) is 0 Å². The second-order valence-electron chi connectivity index (χ2n) is 3.70. The molecule has 0 amide bonds. The zero-order valence-electron chi connectivity index (χ0n) is 9.86. The highest BCUT2D eigenvalue weighted by atomic mass is 35.5. The van der Waals surface area contributed by atoms with Crippen molar-refractivity contribution in [2.75, 3.05) is 0 Å². The van der Waals surface area contributed by atoms with Crippen molar-refractivity contribution in [1.82, 2.24) is 9.97 Å². The lowest BCUT2D eigenvalue weighted by molar-refractivity contribution is 0.624. The first-order valence-electron chi connectivity index (χ1n) is 5.58. The van der Waals surface area contributed by atoms with Gasteiger partial charge in [-0.2, -0.15) is 0 Å². The molecular formula is C13H12ClFN2S. The molecule has 1 aromatic carbocycles. The number of aryl methyl sites for hydroxylation is 1. The monoisotopic (exact) mass is 282 g/mol. The molecule has 2 aromatic rings. The van der Waals surface area contributed by atoms with Crippen LogP contribution in [-0.2, 0) is 12.2 Å². The maximum Gasteiger partial charge on any atom is 0.140 e. The van der Waals surface area contributed by atoms with Crippen LogP contribution in [-0.4, -0.2) is 9.97 Å². The van der Waals surface area contributed by atoms with Crippen LogP contribution in [0.3, 0.4) is 0 Å². The molecule has 0 bridgehead atoms. The van der Waals surface area contributed by atoms with Gasteiger partial charge in [0.1, 0.15) is 16.8 Å². The van der Waals surface area contributed by atoms with E-state index in [1.54, 1.807) is 12.1 Å². The van der Waals surface area contributed by atoms with Crippen LogP contribution in [0, 0.1) is 5.82 Å². The Kier molecular flexibility index (Phi) is 4.55. The molecule has 0 radical (unpaired) electrons. The molecule has 0 spiro atoms. The summed E-state index contributed by atoms with van der Waals surface area (Å²) in [5.74, 6) is 1.02. The predicted octanol–water partition coefficient (Wildman–Crippen LogP) is 4.12. The van der Waals surface area contributed by atoms with E-state index >= 15 is 0 Å². The Labute approximate surface area is 115 Å². The first kappa shape index (κ1) is 13.3. The Morgan fingerprint density at radius 1 is 1.28 bits per heavy atom. The summed E-state index contributed by atoms with van der Waals surface area (Å²) in [5, 5.41) is 0.455. The Morgan fingerprint density at radius 3 is 2.83 bits per heavy atom. The fourth-order valence-electron chi connectivity index (χ4n) is 1.47. The molecular weight excluding hydrogens is 271 g/mol. The molecule has 5 heteroatoms. The van der Waals surface area contributed by atoms with Gasteiger partial charge >= 0.3 is 0 Å². The van der Waals surface area contributed by atoms with Gasteiger partial charge in [-0.25, -0.2) is 14.4 Å². The van der Waals surface area contributed by atoms with Crippen molar-refractivity contribution in [3.8, 4) is 0 Å². The van der Waals surface area contributed by atoms with Gasteiger partial charge in [0.2, 0.25) is 0 Å². The number of hydrogen-bond donors (Lipinski definition) is 0. The number of rotatable bonds is 4. The van der Waals surface area contributed by atoms with Crippen LogP contribution >= 0.6 is 23.4 Å². The Bertz CT molecular complexity index is 548. The lowest BCUT2D eigenvalue weighted by Gasteiger charge is -2.04. The molecule has 18 heavy (non-hydrogen) atoms. The van der Waals surface area contributed by atoms with Crippen LogP contribution in [0.1, 0.15) is 18.4 Å². The molecule has 0 atom stereocenters. The molecule has 0 fully saturated rings. The van der Waals surface area contributed by atoms with Crippen LogP contribution < -0.4 is 0 Å². The smallest absolute Gasteiger partial charge is 0.140 e. The number of aromatic nitrogens is 2. The first-order valence-corrected chi connectivity index (χ1v) is 6.94. The summed E-state index contributed by atoms with van der Waals surface area (Å²) in [6.07, 6.45) is 0.819. The SMILES string of the molecule is CCc1cc(Cl)nc(CSc2cccc(F)c2)n1. The zero-order chi connectivity index (χ0) is 13.0. The highest BCUT2D eigenvalue weighted by Gasteiger charge is 2.04. The lowest BCUT2D eigenvalue weighted by Crippen LogP contribution is -1.97. The van der Waals surface area contributed by atoms with E-state index in [0.29, 0.717) is 16.7 Å². The van der Waals surface area contributed by atoms with E-state index in [9.17, 15) is 4.39 Å². The van der Waals surface area contributed by atoms with Gasteiger partial charge in [0.15, 0.2) is 0 Å². The average Bonchev–Trinajstić information content (AvgIpc) is 2.36. The number of halogens is 2. The Morgan fingerprint density at radius 2 is 2.11 bits per heavy atom. The molecule has 1 heterocycles. The molecule has 2 rings (SSSR count). The number of hydrogen-bond acceptors (Lipinski definition) is 3. The lowest BCUT2D eigenvalue weighted by atomic mass is 10.3. The van der Waals surface area contributed by atoms with Gasteiger partial charge in [0.25, 0.3) is 0 Å². The maximum absolute atomic E-state index is 13.0. The van der Waals surface area contributed by atoms with Crippen molar-refractivity contribution in [3.63, 3.8) is 0 Å². The van der Waals surface area contributed by atoms with Crippen LogP contribution in [0.25, 0.3) is 0 Å². The number of nitrogens with zero attached hydrogens (tertiary/aromatic N) is 2. The topological polar surface area (TPSA) is 25.8 Å². The van der Waals surface area contributed by atoms with Crippen molar-refractivity contribution in [1.29, 1.82) is 0 Å². The predicted molar refractivity (Wildman–Crippen MR) is 72.4 cm³/mol. The van der Waals surface area contributed by atoms with Gasteiger partial charge < -0.3 is 0 Å². The third kappa shape index (κ3) is 3.68. The van der Waals surface area contributed by atoms with Gasteiger partial charge in [-0.15, -0.1) is 11.8 Å². The summed E-state index contributed by atoms with van der Waals surface area (Å²) in [4.78, 5) is 9.40. The largest absolute Gasteiger partial charge is 0.237 e. The Balaban J connectivity index is 2.08. The summed E-state index contributed by atoms with van der Waals surface area (Å²) in [6, 6.07) is 8.23. The molecule has 0 saturated carbocycles. The average molecular weight is 283 g/mol. The number of thioether (sulfide) groups is 1. The van der Waals surface area contributed by atoms with E-state index in [2.05, 4.69) is 9.97 Å². The van der Waals surface area contributed by atoms with E-state index in [1.165, 1.54) is 23.9 Å². The van der Waals surface area contributed by atoms with E-state index < -0.39 is 0 Å². The van der Waals surface area contributed by atoms with Crippen molar-refractivity contribution in [3.05, 3.63) is 52.8 Å². The summed E-state index contributed by atoms with van der Waals surface area (Å²) >= 11 is 7.41. The summed E-state index contributed by atoms with van der Waals surface area (Å²) in [5.41, 5.74) is 0.921. The van der Waals surface area contributed by atoms with Gasteiger partial charge in [-0.05, 0) is 30.7 Å². The minimum Gasteiger partial charge on any atom is -0.237 e. The van der Waals surface area contributed by atoms with Crippen molar-refractivity contribution < 1.29 is 4.39 Å². The molecule has 0 unspecified atom stereocenters. The number of benzene rings is 1. The molecule has 0 aliphatic heterocycles. The first-order chi connectivity index (χ1) is 8.67. The fourth-order valence-corrected chi connectivity index (χ4v) is 2.49. The molecule has 0 N–H and O–H groups in total. The zero-order valence-corrected chi connectivity index (χ0v) is 11.4. The second kappa shape index (κ2) is 6.16. The van der Waals surface area contributed by atoms with Gasteiger partial charge in [-0.3, -0.25) is 0 Å². The molecule has 2 nitrogen and oxygen atoms in total. The highest BCUT2D eigenvalue weighted by Crippen LogP contribution is 2.22. The molecule has 94 valence electrons. The normalized spacial score (nSPS) is 10.6. The van der Waals surface area contributed by atoms with E-state index in [0.717, 1.165) is 17.0 Å². The van der Waals surface area contributed by atoms with Crippen molar-refractivity contribution in [2.45, 2.75) is 24.0 Å². The van der Waals surface area contributed by atoms with E-state index in [4.69, 9.17) is 11.6 Å². The summed E-state index contributed by atoms with van der Waals surface area (Å²) < 4.78 is 13.0. The fraction of sp³-hybridized carbons (Fsp3) is 0.231. The van der Waals surface area contributed by atoms with Gasteiger partial charge in [0, 0.05) is 10.6 Å². The molecule has 0 saturated heterocycles. The summed E-state index contributed by atoms with van der Waals surface area (Å²) in [7, 11) is 0. The van der Waals surface area contributed by atoms with Crippen molar-refractivity contribution >= 4 is 23.4 Å². The highest BCUT2D eigenvalue weighted by molar-refractivity contribution is 7.98. The van der Waals surface area contributed by atoms with Crippen LogP contribution in [0.2, 0.25) is 5.15 Å². The van der Waals surface area contributed by atoms with Crippen LogP contribution in [0.15, 0.2) is 35.2 Å². The molecule has 0 aliphatic rings.